The molecule has 2 aromatic rings. The summed E-state index contributed by atoms with van der Waals surface area (Å²) >= 11 is 1.25. The Balaban J connectivity index is 1.53. The third kappa shape index (κ3) is 6.24. The van der Waals surface area contributed by atoms with E-state index in [0.717, 1.165) is 37.4 Å². The minimum absolute atomic E-state index is 0.0306. The number of anilines is 1. The zero-order valence-corrected chi connectivity index (χ0v) is 16.9. The van der Waals surface area contributed by atoms with Crippen LogP contribution in [-0.2, 0) is 4.79 Å². The first-order valence-corrected chi connectivity index (χ1v) is 10.3. The highest BCUT2D eigenvalue weighted by molar-refractivity contribution is 7.99. The molecule has 0 saturated carbocycles. The van der Waals surface area contributed by atoms with E-state index in [1.165, 1.54) is 36.5 Å². The number of aryl methyl sites for hydroxylation is 1. The van der Waals surface area contributed by atoms with Crippen LogP contribution in [0.3, 0.4) is 0 Å². The highest BCUT2D eigenvalue weighted by atomic mass is 32.2. The highest BCUT2D eigenvalue weighted by Gasteiger charge is 2.14. The van der Waals surface area contributed by atoms with E-state index in [-0.39, 0.29) is 17.3 Å². The molecule has 0 spiro atoms. The van der Waals surface area contributed by atoms with Crippen LogP contribution in [0.5, 0.6) is 0 Å². The minimum Gasteiger partial charge on any atom is -0.356 e. The maximum absolute atomic E-state index is 12.0. The normalized spacial score (nSPS) is 14.2. The van der Waals surface area contributed by atoms with Gasteiger partial charge in [-0.2, -0.15) is 5.10 Å². The number of hydrogen-bond donors (Lipinski definition) is 1. The van der Waals surface area contributed by atoms with Crippen molar-refractivity contribution in [3.63, 3.8) is 0 Å². The van der Waals surface area contributed by atoms with Crippen LogP contribution in [0.4, 0.5) is 11.5 Å². The van der Waals surface area contributed by atoms with Gasteiger partial charge in [-0.05, 0) is 26.2 Å². The summed E-state index contributed by atoms with van der Waals surface area (Å²) in [5, 5.41) is 15.2. The Morgan fingerprint density at radius 2 is 2.10 bits per heavy atom. The summed E-state index contributed by atoms with van der Waals surface area (Å²) in [6.07, 6.45) is 4.94. The topological polar surface area (TPSA) is 114 Å². The van der Waals surface area contributed by atoms with E-state index in [2.05, 4.69) is 25.4 Å². The zero-order valence-electron chi connectivity index (χ0n) is 16.1. The summed E-state index contributed by atoms with van der Waals surface area (Å²) in [7, 11) is 0. The number of carbonyl (C=O) groups excluding carboxylic acids is 1. The molecule has 2 heterocycles. The van der Waals surface area contributed by atoms with Crippen molar-refractivity contribution in [3.8, 4) is 0 Å². The molecule has 1 aliphatic heterocycles. The molecule has 1 N–H and O–H groups in total. The molecule has 1 aliphatic rings. The van der Waals surface area contributed by atoms with Crippen molar-refractivity contribution in [2.45, 2.75) is 31.3 Å². The summed E-state index contributed by atoms with van der Waals surface area (Å²) in [6.45, 7) is 3.91. The number of non-ortho nitro benzene ring substituents is 1. The molecule has 152 valence electrons. The van der Waals surface area contributed by atoms with Crippen molar-refractivity contribution in [3.05, 3.63) is 51.7 Å². The second-order valence-corrected chi connectivity index (χ2v) is 7.57. The van der Waals surface area contributed by atoms with Gasteiger partial charge in [-0.3, -0.25) is 14.9 Å². The van der Waals surface area contributed by atoms with Crippen LogP contribution in [0.1, 0.15) is 30.5 Å². The maximum Gasteiger partial charge on any atom is 0.270 e. The Morgan fingerprint density at radius 1 is 1.31 bits per heavy atom. The Morgan fingerprint density at radius 3 is 2.86 bits per heavy atom. The van der Waals surface area contributed by atoms with Crippen molar-refractivity contribution in [1.82, 2.24) is 15.4 Å². The van der Waals surface area contributed by atoms with Gasteiger partial charge in [-0.15, -0.1) is 0 Å². The van der Waals surface area contributed by atoms with Crippen LogP contribution < -0.4 is 10.3 Å². The molecule has 0 radical (unpaired) electrons. The number of nitro benzene ring substituents is 1. The van der Waals surface area contributed by atoms with Gasteiger partial charge in [0.1, 0.15) is 5.82 Å². The molecule has 1 amide bonds. The van der Waals surface area contributed by atoms with Crippen molar-refractivity contribution in [2.75, 3.05) is 23.7 Å². The monoisotopic (exact) mass is 414 g/mol. The van der Waals surface area contributed by atoms with Gasteiger partial charge in [0.2, 0.25) is 0 Å². The molecule has 10 heteroatoms. The smallest absolute Gasteiger partial charge is 0.270 e. The van der Waals surface area contributed by atoms with Crippen molar-refractivity contribution < 1.29 is 9.72 Å². The third-order valence-electron chi connectivity index (χ3n) is 4.32. The average molecular weight is 414 g/mol. The molecule has 3 rings (SSSR count). The van der Waals surface area contributed by atoms with Gasteiger partial charge in [-0.25, -0.2) is 15.4 Å². The van der Waals surface area contributed by atoms with Gasteiger partial charge < -0.3 is 4.90 Å². The molecular formula is C19H22N6O3S. The summed E-state index contributed by atoms with van der Waals surface area (Å²) < 4.78 is 0. The SMILES string of the molecule is Cc1cc(N2CCCCC2)nc(SCC(=O)N/N=C/c2cccc([N+](=O)[O-])c2)n1. The van der Waals surface area contributed by atoms with E-state index < -0.39 is 4.92 Å². The fraction of sp³-hybridized carbons (Fsp3) is 0.368. The number of nitrogens with zero attached hydrogens (tertiary/aromatic N) is 5. The molecule has 1 aromatic heterocycles. The zero-order chi connectivity index (χ0) is 20.6. The number of nitrogens with one attached hydrogen (secondary N) is 1. The van der Waals surface area contributed by atoms with Crippen LogP contribution in [0.25, 0.3) is 0 Å². The second-order valence-electron chi connectivity index (χ2n) is 6.63. The number of hydrazone groups is 1. The Bertz CT molecular complexity index is 915. The Hall–Kier alpha value is -3.01. The maximum atomic E-state index is 12.0. The Kier molecular flexibility index (Phi) is 7.12. The van der Waals surface area contributed by atoms with Gasteiger partial charge in [-0.1, -0.05) is 23.9 Å². The van der Waals surface area contributed by atoms with E-state index in [1.54, 1.807) is 12.1 Å². The van der Waals surface area contributed by atoms with E-state index in [9.17, 15) is 14.9 Å². The summed E-state index contributed by atoms with van der Waals surface area (Å²) in [5.41, 5.74) is 3.78. The lowest BCUT2D eigenvalue weighted by molar-refractivity contribution is -0.384. The van der Waals surface area contributed by atoms with Gasteiger partial charge in [0.25, 0.3) is 11.6 Å². The van der Waals surface area contributed by atoms with Crippen molar-refractivity contribution in [2.24, 2.45) is 5.10 Å². The van der Waals surface area contributed by atoms with Gasteiger partial charge in [0, 0.05) is 42.5 Å². The number of aromatic nitrogens is 2. The summed E-state index contributed by atoms with van der Waals surface area (Å²) in [4.78, 5) is 33.6. The van der Waals surface area contributed by atoms with E-state index in [1.807, 2.05) is 13.0 Å². The molecule has 0 aliphatic carbocycles. The molecule has 0 atom stereocenters. The number of nitro groups is 1. The Labute approximate surface area is 172 Å². The predicted octanol–water partition coefficient (Wildman–Crippen LogP) is 2.93. The van der Waals surface area contributed by atoms with Crippen LogP contribution in [0.15, 0.2) is 40.6 Å². The number of rotatable bonds is 7. The van der Waals surface area contributed by atoms with Gasteiger partial charge in [0.05, 0.1) is 16.9 Å². The number of carbonyl (C=O) groups is 1. The lowest BCUT2D eigenvalue weighted by atomic mass is 10.1. The lowest BCUT2D eigenvalue weighted by Gasteiger charge is -2.28. The quantitative estimate of drug-likeness (QED) is 0.244. The fourth-order valence-corrected chi connectivity index (χ4v) is 3.63. The van der Waals surface area contributed by atoms with Crippen LogP contribution in [0.2, 0.25) is 0 Å². The first-order chi connectivity index (χ1) is 14.0. The molecule has 29 heavy (non-hydrogen) atoms. The number of piperidine rings is 1. The number of hydrogen-bond acceptors (Lipinski definition) is 8. The standard InChI is InChI=1S/C19H22N6O3S/c1-14-10-17(24-8-3-2-4-9-24)22-19(21-14)29-13-18(26)23-20-12-15-6-5-7-16(11-15)25(27)28/h5-7,10-12H,2-4,8-9,13H2,1H3,(H,23,26)/b20-12+. The predicted molar refractivity (Wildman–Crippen MR) is 112 cm³/mol. The van der Waals surface area contributed by atoms with Crippen molar-refractivity contribution in [1.29, 1.82) is 0 Å². The van der Waals surface area contributed by atoms with E-state index >= 15 is 0 Å². The highest BCUT2D eigenvalue weighted by Crippen LogP contribution is 2.22. The average Bonchev–Trinajstić information content (AvgIpc) is 2.73. The van der Waals surface area contributed by atoms with Gasteiger partial charge in [0.15, 0.2) is 5.16 Å². The number of thioether (sulfide) groups is 1. The first kappa shape index (κ1) is 20.7. The molecule has 0 bridgehead atoms. The molecule has 1 fully saturated rings. The molecule has 0 unspecified atom stereocenters. The molecule has 1 saturated heterocycles. The third-order valence-corrected chi connectivity index (χ3v) is 5.16. The van der Waals surface area contributed by atoms with E-state index in [4.69, 9.17) is 0 Å². The lowest BCUT2D eigenvalue weighted by Crippen LogP contribution is -2.30. The first-order valence-electron chi connectivity index (χ1n) is 9.31. The summed E-state index contributed by atoms with van der Waals surface area (Å²) in [6, 6.07) is 7.98. The van der Waals surface area contributed by atoms with Crippen molar-refractivity contribution >= 4 is 35.4 Å². The number of amides is 1. The molecular weight excluding hydrogens is 392 g/mol. The van der Waals surface area contributed by atoms with Gasteiger partial charge >= 0.3 is 0 Å². The minimum atomic E-state index is -0.480. The number of benzene rings is 1. The fourth-order valence-electron chi connectivity index (χ4n) is 2.93. The molecule has 9 nitrogen and oxygen atoms in total. The van der Waals surface area contributed by atoms with Crippen LogP contribution in [0, 0.1) is 17.0 Å². The second kappa shape index (κ2) is 9.97. The largest absolute Gasteiger partial charge is 0.356 e. The summed E-state index contributed by atoms with van der Waals surface area (Å²) in [5.74, 6) is 0.722. The van der Waals surface area contributed by atoms with Crippen LogP contribution in [-0.4, -0.2) is 45.9 Å². The van der Waals surface area contributed by atoms with Crippen LogP contribution >= 0.6 is 11.8 Å². The van der Waals surface area contributed by atoms with E-state index in [0.29, 0.717) is 10.7 Å². The molecule has 1 aromatic carbocycles.